The van der Waals surface area contributed by atoms with Gasteiger partial charge in [0.25, 0.3) is 5.91 Å². The highest BCUT2D eigenvalue weighted by molar-refractivity contribution is 5.96. The number of aliphatic imine (C=N–C) groups is 1. The standard InChI is InChI=1S/C33H42N4O3/c1-6-26(25-17-11-8-12-18-25)28(19-13-14-20-31(38)40-33(3,4)5)37-29-21-30(35-22-27(29)34)32(39)36-23(2)24-15-9-7-10-16-24/h7-12,15-18,21-23,26H,6,13-14,19-20,34H2,1-5H3,(H,36,39). The van der Waals surface area contributed by atoms with Gasteiger partial charge in [-0.25, -0.2) is 4.98 Å². The molecule has 212 valence electrons. The number of pyridine rings is 1. The van der Waals surface area contributed by atoms with Crippen LogP contribution in [0.5, 0.6) is 0 Å². The Bertz CT molecular complexity index is 1280. The summed E-state index contributed by atoms with van der Waals surface area (Å²) in [5.41, 5.74) is 10.1. The van der Waals surface area contributed by atoms with Crippen LogP contribution in [0.2, 0.25) is 0 Å². The fourth-order valence-electron chi connectivity index (χ4n) is 4.55. The zero-order chi connectivity index (χ0) is 29.1. The predicted molar refractivity (Wildman–Crippen MR) is 162 cm³/mol. The van der Waals surface area contributed by atoms with Crippen LogP contribution in [0.25, 0.3) is 0 Å². The molecule has 1 amide bonds. The summed E-state index contributed by atoms with van der Waals surface area (Å²) in [6.07, 6.45) is 4.84. The molecule has 3 rings (SSSR count). The van der Waals surface area contributed by atoms with Crippen LogP contribution in [-0.4, -0.2) is 28.2 Å². The minimum atomic E-state index is -0.494. The maximum Gasteiger partial charge on any atom is 0.306 e. The van der Waals surface area contributed by atoms with E-state index >= 15 is 0 Å². The van der Waals surface area contributed by atoms with Crippen molar-refractivity contribution in [3.63, 3.8) is 0 Å². The number of benzene rings is 2. The predicted octanol–water partition coefficient (Wildman–Crippen LogP) is 7.32. The number of carbonyl (C=O) groups excluding carboxylic acids is 2. The Kier molecular flexibility index (Phi) is 11.0. The number of hydrogen-bond acceptors (Lipinski definition) is 6. The molecule has 1 aromatic heterocycles. The number of aromatic nitrogens is 1. The van der Waals surface area contributed by atoms with Gasteiger partial charge in [-0.05, 0) is 70.6 Å². The van der Waals surface area contributed by atoms with Crippen LogP contribution in [0, 0.1) is 0 Å². The molecule has 0 radical (unpaired) electrons. The molecular weight excluding hydrogens is 500 g/mol. The van der Waals surface area contributed by atoms with Gasteiger partial charge in [-0.15, -0.1) is 0 Å². The first-order valence-electron chi connectivity index (χ1n) is 14.0. The Morgan fingerprint density at radius 1 is 0.975 bits per heavy atom. The maximum absolute atomic E-state index is 13.1. The van der Waals surface area contributed by atoms with Crippen LogP contribution in [0.3, 0.4) is 0 Å². The number of carbonyl (C=O) groups is 2. The zero-order valence-electron chi connectivity index (χ0n) is 24.3. The minimum absolute atomic E-state index is 0.0747. The fourth-order valence-corrected chi connectivity index (χ4v) is 4.55. The number of rotatable bonds is 12. The number of unbranched alkanes of at least 4 members (excludes halogenated alkanes) is 1. The summed E-state index contributed by atoms with van der Waals surface area (Å²) in [5.74, 6) is -0.410. The van der Waals surface area contributed by atoms with Crippen LogP contribution < -0.4 is 11.1 Å². The third-order valence-corrected chi connectivity index (χ3v) is 6.55. The summed E-state index contributed by atoms with van der Waals surface area (Å²) in [6.45, 7) is 9.68. The average molecular weight is 543 g/mol. The minimum Gasteiger partial charge on any atom is -0.460 e. The molecule has 2 unspecified atom stereocenters. The largest absolute Gasteiger partial charge is 0.460 e. The van der Waals surface area contributed by atoms with E-state index in [1.54, 1.807) is 6.07 Å². The molecule has 7 nitrogen and oxygen atoms in total. The van der Waals surface area contributed by atoms with Gasteiger partial charge in [0, 0.05) is 18.1 Å². The number of hydrogen-bond donors (Lipinski definition) is 2. The SMILES string of the molecule is CCC(C(CCCCC(=O)OC(C)(C)C)=Nc1cc(C(=O)NC(C)c2ccccc2)ncc1N)c1ccccc1. The first kappa shape index (κ1) is 30.5. The Hall–Kier alpha value is -4.00. The number of anilines is 1. The number of esters is 1. The van der Waals surface area contributed by atoms with Crippen LogP contribution >= 0.6 is 0 Å². The molecule has 0 saturated carbocycles. The lowest BCUT2D eigenvalue weighted by atomic mass is 9.88. The Labute approximate surface area is 238 Å². The van der Waals surface area contributed by atoms with E-state index in [9.17, 15) is 9.59 Å². The first-order chi connectivity index (χ1) is 19.1. The van der Waals surface area contributed by atoms with Crippen molar-refractivity contribution in [2.75, 3.05) is 5.73 Å². The molecule has 7 heteroatoms. The van der Waals surface area contributed by atoms with Crippen LogP contribution in [0.15, 0.2) is 77.9 Å². The average Bonchev–Trinajstić information content (AvgIpc) is 2.92. The van der Waals surface area contributed by atoms with Crippen molar-refractivity contribution in [1.82, 2.24) is 10.3 Å². The highest BCUT2D eigenvalue weighted by Gasteiger charge is 2.20. The summed E-state index contributed by atoms with van der Waals surface area (Å²) < 4.78 is 5.45. The van der Waals surface area contributed by atoms with E-state index in [4.69, 9.17) is 15.5 Å². The normalized spacial score (nSPS) is 13.4. The van der Waals surface area contributed by atoms with Crippen molar-refractivity contribution < 1.29 is 14.3 Å². The molecule has 0 fully saturated rings. The summed E-state index contributed by atoms with van der Waals surface area (Å²) >= 11 is 0. The van der Waals surface area contributed by atoms with Crippen LogP contribution in [0.4, 0.5) is 11.4 Å². The van der Waals surface area contributed by atoms with Gasteiger partial charge in [-0.3, -0.25) is 14.6 Å². The fraction of sp³-hybridized carbons (Fsp3) is 0.394. The van der Waals surface area contributed by atoms with Gasteiger partial charge in [0.15, 0.2) is 0 Å². The Morgan fingerprint density at radius 2 is 1.57 bits per heavy atom. The number of ether oxygens (including phenoxy) is 1. The molecule has 0 aliphatic heterocycles. The molecule has 0 spiro atoms. The third-order valence-electron chi connectivity index (χ3n) is 6.55. The number of amides is 1. The Morgan fingerprint density at radius 3 is 2.17 bits per heavy atom. The molecule has 3 aromatic rings. The summed E-state index contributed by atoms with van der Waals surface area (Å²) in [6, 6.07) is 21.5. The molecular formula is C33H42N4O3. The highest BCUT2D eigenvalue weighted by Crippen LogP contribution is 2.30. The van der Waals surface area contributed by atoms with E-state index in [0.29, 0.717) is 30.6 Å². The number of nitrogens with one attached hydrogen (secondary N) is 1. The summed E-state index contributed by atoms with van der Waals surface area (Å²) in [5, 5.41) is 3.01. The highest BCUT2D eigenvalue weighted by atomic mass is 16.6. The third kappa shape index (κ3) is 9.33. The number of nitrogens with zero attached hydrogens (tertiary/aromatic N) is 2. The van der Waals surface area contributed by atoms with Crippen LogP contribution in [0.1, 0.15) is 100 Å². The van der Waals surface area contributed by atoms with E-state index in [1.807, 2.05) is 76.2 Å². The van der Waals surface area contributed by atoms with Gasteiger partial charge in [0.1, 0.15) is 11.3 Å². The smallest absolute Gasteiger partial charge is 0.306 e. The van der Waals surface area contributed by atoms with Gasteiger partial charge < -0.3 is 15.8 Å². The lowest BCUT2D eigenvalue weighted by Gasteiger charge is -2.20. The van der Waals surface area contributed by atoms with E-state index < -0.39 is 5.60 Å². The summed E-state index contributed by atoms with van der Waals surface area (Å²) in [4.78, 5) is 34.6. The second-order valence-corrected chi connectivity index (χ2v) is 11.0. The monoisotopic (exact) mass is 542 g/mol. The molecule has 2 atom stereocenters. The van der Waals surface area contributed by atoms with E-state index in [0.717, 1.165) is 29.7 Å². The molecule has 0 bridgehead atoms. The molecule has 2 aromatic carbocycles. The summed E-state index contributed by atoms with van der Waals surface area (Å²) in [7, 11) is 0. The zero-order valence-corrected chi connectivity index (χ0v) is 24.3. The lowest BCUT2D eigenvalue weighted by Crippen LogP contribution is -2.27. The first-order valence-corrected chi connectivity index (χ1v) is 14.0. The molecule has 1 heterocycles. The maximum atomic E-state index is 13.1. The molecule has 0 saturated heterocycles. The van der Waals surface area contributed by atoms with Gasteiger partial charge in [-0.2, -0.15) is 0 Å². The molecule has 0 aliphatic rings. The lowest BCUT2D eigenvalue weighted by molar-refractivity contribution is -0.154. The van der Waals surface area contributed by atoms with Crippen molar-refractivity contribution in [2.24, 2.45) is 4.99 Å². The van der Waals surface area contributed by atoms with Gasteiger partial charge in [0.05, 0.1) is 23.6 Å². The van der Waals surface area contributed by atoms with E-state index in [-0.39, 0.29) is 29.5 Å². The van der Waals surface area contributed by atoms with E-state index in [2.05, 4.69) is 29.4 Å². The van der Waals surface area contributed by atoms with Crippen molar-refractivity contribution in [3.05, 3.63) is 89.7 Å². The van der Waals surface area contributed by atoms with Crippen molar-refractivity contribution in [3.8, 4) is 0 Å². The number of nitrogens with two attached hydrogens (primary N) is 1. The number of nitrogen functional groups attached to an aromatic ring is 1. The topological polar surface area (TPSA) is 107 Å². The molecule has 3 N–H and O–H groups in total. The second kappa shape index (κ2) is 14.4. The van der Waals surface area contributed by atoms with Crippen LogP contribution in [-0.2, 0) is 9.53 Å². The Balaban J connectivity index is 1.83. The van der Waals surface area contributed by atoms with Gasteiger partial charge >= 0.3 is 5.97 Å². The second-order valence-electron chi connectivity index (χ2n) is 11.0. The van der Waals surface area contributed by atoms with Gasteiger partial charge in [-0.1, -0.05) is 67.6 Å². The van der Waals surface area contributed by atoms with E-state index in [1.165, 1.54) is 6.20 Å². The van der Waals surface area contributed by atoms with Crippen molar-refractivity contribution in [2.45, 2.75) is 84.3 Å². The van der Waals surface area contributed by atoms with Crippen molar-refractivity contribution >= 4 is 29.0 Å². The molecule has 0 aliphatic carbocycles. The van der Waals surface area contributed by atoms with Crippen molar-refractivity contribution in [1.29, 1.82) is 0 Å². The molecule has 40 heavy (non-hydrogen) atoms. The van der Waals surface area contributed by atoms with Gasteiger partial charge in [0.2, 0.25) is 0 Å². The quantitative estimate of drug-likeness (QED) is 0.142.